The highest BCUT2D eigenvalue weighted by atomic mass is 32.2. The summed E-state index contributed by atoms with van der Waals surface area (Å²) in [5.41, 5.74) is 0.892. The van der Waals surface area contributed by atoms with E-state index in [1.807, 2.05) is 30.3 Å². The Hall–Kier alpha value is -2.95. The molecule has 0 atom stereocenters. The van der Waals surface area contributed by atoms with Gasteiger partial charge >= 0.3 is 0 Å². The van der Waals surface area contributed by atoms with E-state index in [9.17, 15) is 8.42 Å². The monoisotopic (exact) mass is 442 g/mol. The Labute approximate surface area is 180 Å². The van der Waals surface area contributed by atoms with Gasteiger partial charge in [0.05, 0.1) is 4.90 Å². The summed E-state index contributed by atoms with van der Waals surface area (Å²) in [5, 5.41) is 8.24. The minimum Gasteiger partial charge on any atom is -0.454 e. The molecule has 1 aromatic heterocycles. The van der Waals surface area contributed by atoms with Gasteiger partial charge in [0.2, 0.25) is 28.6 Å². The number of fused-ring (bicyclic) bond motifs is 1. The summed E-state index contributed by atoms with van der Waals surface area (Å²) in [7, 11) is -3.57. The van der Waals surface area contributed by atoms with Gasteiger partial charge in [0.15, 0.2) is 11.5 Å². The lowest BCUT2D eigenvalue weighted by molar-refractivity contribution is 0.174. The molecule has 5 rings (SSSR count). The lowest BCUT2D eigenvalue weighted by Crippen LogP contribution is -2.49. The van der Waals surface area contributed by atoms with Gasteiger partial charge in [0, 0.05) is 50.8 Å². The number of ether oxygens (including phenoxy) is 2. The number of hydrogen-bond donors (Lipinski definition) is 0. The summed E-state index contributed by atoms with van der Waals surface area (Å²) >= 11 is 0. The topological polar surface area (TPSA) is 98.0 Å². The van der Waals surface area contributed by atoms with Gasteiger partial charge in [-0.05, 0) is 24.3 Å². The van der Waals surface area contributed by atoms with Crippen molar-refractivity contribution in [1.29, 1.82) is 0 Å². The zero-order chi connectivity index (χ0) is 21.3. The maximum absolute atomic E-state index is 13.0. The standard InChI is InChI=1S/C21H22N4O5S/c26-31(27,17-6-7-18-19(14-17)29-15-28-18)25-12-10-24(11-13-25)9-8-20-22-23-21(30-20)16-4-2-1-3-5-16/h1-7,14H,8-13,15H2. The van der Waals surface area contributed by atoms with E-state index in [0.717, 1.165) is 12.1 Å². The normalized spacial score (nSPS) is 17.2. The number of piperazine rings is 1. The van der Waals surface area contributed by atoms with E-state index in [4.69, 9.17) is 13.9 Å². The fraction of sp³-hybridized carbons (Fsp3) is 0.333. The molecular weight excluding hydrogens is 420 g/mol. The zero-order valence-electron chi connectivity index (χ0n) is 16.8. The maximum Gasteiger partial charge on any atom is 0.247 e. The van der Waals surface area contributed by atoms with Crippen LogP contribution in [0.1, 0.15) is 5.89 Å². The van der Waals surface area contributed by atoms with Crippen LogP contribution in [0.2, 0.25) is 0 Å². The first-order chi connectivity index (χ1) is 15.1. The fourth-order valence-electron chi connectivity index (χ4n) is 3.69. The molecule has 2 aromatic carbocycles. The van der Waals surface area contributed by atoms with Crippen LogP contribution in [0, 0.1) is 0 Å². The van der Waals surface area contributed by atoms with Crippen molar-refractivity contribution in [3.8, 4) is 23.0 Å². The van der Waals surface area contributed by atoms with Crippen molar-refractivity contribution in [1.82, 2.24) is 19.4 Å². The van der Waals surface area contributed by atoms with Crippen LogP contribution in [-0.4, -0.2) is 67.3 Å². The smallest absolute Gasteiger partial charge is 0.247 e. The van der Waals surface area contributed by atoms with Gasteiger partial charge in [0.1, 0.15) is 0 Å². The Morgan fingerprint density at radius 3 is 2.48 bits per heavy atom. The first-order valence-corrected chi connectivity index (χ1v) is 11.5. The summed E-state index contributed by atoms with van der Waals surface area (Å²) in [6.07, 6.45) is 0.620. The van der Waals surface area contributed by atoms with Crippen LogP contribution in [0.4, 0.5) is 0 Å². The molecule has 9 nitrogen and oxygen atoms in total. The van der Waals surface area contributed by atoms with Gasteiger partial charge in [-0.1, -0.05) is 18.2 Å². The van der Waals surface area contributed by atoms with E-state index in [-0.39, 0.29) is 11.7 Å². The van der Waals surface area contributed by atoms with Crippen LogP contribution in [0.3, 0.4) is 0 Å². The molecule has 3 heterocycles. The molecule has 0 N–H and O–H groups in total. The molecule has 1 fully saturated rings. The molecule has 1 saturated heterocycles. The quantitative estimate of drug-likeness (QED) is 0.572. The van der Waals surface area contributed by atoms with Crippen molar-refractivity contribution < 1.29 is 22.3 Å². The molecule has 3 aromatic rings. The molecule has 0 spiro atoms. The summed E-state index contributed by atoms with van der Waals surface area (Å²) in [6.45, 7) is 2.98. The van der Waals surface area contributed by atoms with Gasteiger partial charge in [-0.25, -0.2) is 8.42 Å². The summed E-state index contributed by atoms with van der Waals surface area (Å²) in [5.74, 6) is 2.12. The minimum atomic E-state index is -3.57. The average molecular weight is 442 g/mol. The molecule has 2 aliphatic rings. The van der Waals surface area contributed by atoms with E-state index in [0.29, 0.717) is 55.9 Å². The number of nitrogens with zero attached hydrogens (tertiary/aromatic N) is 4. The van der Waals surface area contributed by atoms with Crippen LogP contribution in [0.15, 0.2) is 57.8 Å². The van der Waals surface area contributed by atoms with Gasteiger partial charge < -0.3 is 18.8 Å². The van der Waals surface area contributed by atoms with Crippen molar-refractivity contribution in [2.24, 2.45) is 0 Å². The summed E-state index contributed by atoms with van der Waals surface area (Å²) in [6, 6.07) is 14.4. The Balaban J connectivity index is 1.16. The van der Waals surface area contributed by atoms with Gasteiger partial charge in [-0.3, -0.25) is 0 Å². The molecule has 0 amide bonds. The van der Waals surface area contributed by atoms with Crippen LogP contribution in [0.5, 0.6) is 11.5 Å². The highest BCUT2D eigenvalue weighted by Gasteiger charge is 2.30. The third-order valence-electron chi connectivity index (χ3n) is 5.44. The highest BCUT2D eigenvalue weighted by Crippen LogP contribution is 2.34. The first-order valence-electron chi connectivity index (χ1n) is 10.1. The van der Waals surface area contributed by atoms with Crippen molar-refractivity contribution in [3.05, 3.63) is 54.4 Å². The van der Waals surface area contributed by atoms with E-state index >= 15 is 0 Å². The van der Waals surface area contributed by atoms with E-state index in [1.165, 1.54) is 10.4 Å². The zero-order valence-corrected chi connectivity index (χ0v) is 17.6. The number of benzene rings is 2. The van der Waals surface area contributed by atoms with Crippen LogP contribution in [0.25, 0.3) is 11.5 Å². The predicted molar refractivity (Wildman–Crippen MR) is 111 cm³/mol. The Bertz CT molecular complexity index is 1160. The van der Waals surface area contributed by atoms with Crippen molar-refractivity contribution in [2.75, 3.05) is 39.5 Å². The van der Waals surface area contributed by atoms with Gasteiger partial charge in [-0.15, -0.1) is 10.2 Å². The van der Waals surface area contributed by atoms with E-state index < -0.39 is 10.0 Å². The van der Waals surface area contributed by atoms with Crippen LogP contribution < -0.4 is 9.47 Å². The van der Waals surface area contributed by atoms with E-state index in [2.05, 4.69) is 15.1 Å². The molecule has 0 aliphatic carbocycles. The summed E-state index contributed by atoms with van der Waals surface area (Å²) in [4.78, 5) is 2.43. The molecule has 0 radical (unpaired) electrons. The predicted octanol–water partition coefficient (Wildman–Crippen LogP) is 2.01. The van der Waals surface area contributed by atoms with Crippen molar-refractivity contribution >= 4 is 10.0 Å². The minimum absolute atomic E-state index is 0.115. The first kappa shape index (κ1) is 20.0. The number of rotatable bonds is 6. The molecule has 0 bridgehead atoms. The number of sulfonamides is 1. The Kier molecular flexibility index (Phi) is 5.34. The SMILES string of the molecule is O=S(=O)(c1ccc2c(c1)OCO2)N1CCN(CCc2nnc(-c3ccccc3)o2)CC1. The lowest BCUT2D eigenvalue weighted by Gasteiger charge is -2.33. The lowest BCUT2D eigenvalue weighted by atomic mass is 10.2. The second-order valence-electron chi connectivity index (χ2n) is 7.38. The van der Waals surface area contributed by atoms with Gasteiger partial charge in [0.25, 0.3) is 0 Å². The van der Waals surface area contributed by atoms with Gasteiger partial charge in [-0.2, -0.15) is 4.31 Å². The second-order valence-corrected chi connectivity index (χ2v) is 9.32. The molecule has 162 valence electrons. The maximum atomic E-state index is 13.0. The molecule has 0 saturated carbocycles. The van der Waals surface area contributed by atoms with Crippen LogP contribution in [-0.2, 0) is 16.4 Å². The summed E-state index contributed by atoms with van der Waals surface area (Å²) < 4.78 is 43.8. The Morgan fingerprint density at radius 1 is 0.903 bits per heavy atom. The van der Waals surface area contributed by atoms with Crippen molar-refractivity contribution in [2.45, 2.75) is 11.3 Å². The highest BCUT2D eigenvalue weighted by molar-refractivity contribution is 7.89. The second kappa shape index (κ2) is 8.29. The number of hydrogen-bond acceptors (Lipinski definition) is 8. The molecule has 2 aliphatic heterocycles. The fourth-order valence-corrected chi connectivity index (χ4v) is 5.12. The third-order valence-corrected chi connectivity index (χ3v) is 7.34. The largest absolute Gasteiger partial charge is 0.454 e. The molecule has 31 heavy (non-hydrogen) atoms. The number of aromatic nitrogens is 2. The van der Waals surface area contributed by atoms with Crippen molar-refractivity contribution in [3.63, 3.8) is 0 Å². The van der Waals surface area contributed by atoms with E-state index in [1.54, 1.807) is 12.1 Å². The molecular formula is C21H22N4O5S. The third kappa shape index (κ3) is 4.14. The Morgan fingerprint density at radius 2 is 1.68 bits per heavy atom. The van der Waals surface area contributed by atoms with Crippen LogP contribution >= 0.6 is 0 Å². The molecule has 10 heteroatoms. The molecule has 0 unspecified atom stereocenters. The average Bonchev–Trinajstić information content (AvgIpc) is 3.47.